The number of hydrogen-bond acceptors (Lipinski definition) is 0. The maximum absolute atomic E-state index is 5.02. The van der Waals surface area contributed by atoms with Crippen molar-refractivity contribution in [1.29, 1.82) is 0 Å². The van der Waals surface area contributed by atoms with Gasteiger partial charge in [0.25, 0.3) is 0 Å². The summed E-state index contributed by atoms with van der Waals surface area (Å²) >= 11 is -5.02. The van der Waals surface area contributed by atoms with E-state index in [0.717, 1.165) is 0 Å². The van der Waals surface area contributed by atoms with Crippen LogP contribution >= 0.6 is 0 Å². The van der Waals surface area contributed by atoms with Crippen molar-refractivity contribution in [3.63, 3.8) is 0 Å². The number of hydrogen-bond donors (Lipinski definition) is 0. The van der Waals surface area contributed by atoms with Crippen LogP contribution in [0.25, 0.3) is 34.4 Å². The van der Waals surface area contributed by atoms with E-state index in [9.17, 15) is 0 Å². The zero-order chi connectivity index (χ0) is 30.2. The van der Waals surface area contributed by atoms with Gasteiger partial charge in [0, 0.05) is 0 Å². The first-order chi connectivity index (χ1) is 19.5. The Balaban J connectivity index is 1.67. The second kappa shape index (κ2) is 8.76. The molecule has 2 aliphatic carbocycles. The molecule has 2 aliphatic rings. The van der Waals surface area contributed by atoms with Gasteiger partial charge in [0.1, 0.15) is 0 Å². The predicted octanol–water partition coefficient (Wildman–Crippen LogP) is 11.4. The summed E-state index contributed by atoms with van der Waals surface area (Å²) in [7, 11) is 0. The molecule has 42 heavy (non-hydrogen) atoms. The average Bonchev–Trinajstić information content (AvgIpc) is 3.55. The van der Waals surface area contributed by atoms with Crippen molar-refractivity contribution in [2.24, 2.45) is 11.8 Å². The first-order valence-electron chi connectivity index (χ1n) is 15.9. The molecular weight excluding hydrogens is 687 g/mol. The van der Waals surface area contributed by atoms with Crippen molar-refractivity contribution in [2.75, 3.05) is 0 Å². The van der Waals surface area contributed by atoms with Crippen molar-refractivity contribution in [2.45, 2.75) is 53.8 Å². The molecule has 2 unspecified atom stereocenters. The van der Waals surface area contributed by atoms with E-state index >= 15 is 0 Å². The summed E-state index contributed by atoms with van der Waals surface area (Å²) < 4.78 is 12.0. The van der Waals surface area contributed by atoms with Crippen LogP contribution in [0.15, 0.2) is 108 Å². The number of allylic oxidation sites excluding steroid dienone is 2. The number of benzene rings is 4. The maximum atomic E-state index is 2.80. The summed E-state index contributed by atoms with van der Waals surface area (Å²) in [6, 6.07) is 36.2. The first kappa shape index (κ1) is 29.5. The molecule has 0 amide bonds. The third kappa shape index (κ3) is 4.47. The van der Waals surface area contributed by atoms with E-state index < -0.39 is 14.2 Å². The monoisotopic (exact) mass is 736 g/mol. The molecule has 0 nitrogen and oxygen atoms in total. The molecule has 216 valence electrons. The van der Waals surface area contributed by atoms with Crippen LogP contribution in [-0.2, 0) is 14.2 Å². The van der Waals surface area contributed by atoms with Gasteiger partial charge in [-0.1, -0.05) is 0 Å². The Morgan fingerprint density at radius 3 is 1.19 bits per heavy atom. The van der Waals surface area contributed by atoms with Crippen LogP contribution in [0.2, 0.25) is 18.7 Å². The molecule has 0 aliphatic heterocycles. The van der Waals surface area contributed by atoms with Crippen LogP contribution in [0, 0.1) is 11.8 Å². The van der Waals surface area contributed by atoms with Crippen molar-refractivity contribution in [3.05, 3.63) is 130 Å². The van der Waals surface area contributed by atoms with Crippen LogP contribution in [0.1, 0.15) is 57.3 Å². The molecule has 0 heterocycles. The van der Waals surface area contributed by atoms with Crippen molar-refractivity contribution in [1.82, 2.24) is 0 Å². The minimum atomic E-state index is -5.02. The molecule has 0 radical (unpaired) electrons. The van der Waals surface area contributed by atoms with Crippen molar-refractivity contribution in [3.8, 4) is 22.3 Å². The van der Waals surface area contributed by atoms with Crippen LogP contribution in [0.3, 0.4) is 0 Å². The Bertz CT molecular complexity index is 1770. The Hall–Kier alpha value is -2.55. The van der Waals surface area contributed by atoms with E-state index in [4.69, 9.17) is 0 Å². The Kier molecular flexibility index (Phi) is 6.16. The molecule has 0 bridgehead atoms. The van der Waals surface area contributed by atoms with E-state index in [-0.39, 0.29) is 0 Å². The third-order valence-electron chi connectivity index (χ3n) is 10.7. The summed E-state index contributed by atoms with van der Waals surface area (Å²) in [5.41, 5.74) is 14.6. The normalized spacial score (nSPS) is 20.7. The molecule has 4 aromatic carbocycles. The van der Waals surface area contributed by atoms with Crippen LogP contribution < -0.4 is 0 Å². The number of rotatable bonds is 6. The van der Waals surface area contributed by atoms with E-state index in [1.165, 1.54) is 33.4 Å². The molecule has 6 rings (SSSR count). The molecule has 2 heteroatoms. The van der Waals surface area contributed by atoms with Crippen LogP contribution in [0.5, 0.6) is 0 Å². The van der Waals surface area contributed by atoms with Crippen molar-refractivity contribution >= 4 is 19.1 Å². The quantitative estimate of drug-likeness (QED) is 0.173. The van der Waals surface area contributed by atoms with Gasteiger partial charge in [-0.2, -0.15) is 0 Å². The molecule has 0 fully saturated rings. The van der Waals surface area contributed by atoms with Gasteiger partial charge in [-0.15, -0.1) is 0 Å². The zero-order valence-corrected chi connectivity index (χ0v) is 31.9. The molecular formula is C40H48HfSi. The summed E-state index contributed by atoms with van der Waals surface area (Å²) in [5, 5.41) is 0. The molecule has 0 saturated carbocycles. The van der Waals surface area contributed by atoms with E-state index in [2.05, 4.69) is 163 Å². The summed E-state index contributed by atoms with van der Waals surface area (Å²) in [4.78, 5) is 0. The summed E-state index contributed by atoms with van der Waals surface area (Å²) in [6.07, 6.45) is 5.20. The van der Waals surface area contributed by atoms with Crippen molar-refractivity contribution < 1.29 is 14.2 Å². The van der Waals surface area contributed by atoms with Gasteiger partial charge in [0.2, 0.25) is 0 Å². The molecule has 2 atom stereocenters. The van der Waals surface area contributed by atoms with Gasteiger partial charge >= 0.3 is 252 Å². The van der Waals surface area contributed by atoms with Gasteiger partial charge in [-0.25, -0.2) is 0 Å². The van der Waals surface area contributed by atoms with Gasteiger partial charge in [0.05, 0.1) is 0 Å². The Morgan fingerprint density at radius 2 is 0.857 bits per heavy atom. The van der Waals surface area contributed by atoms with Crippen LogP contribution in [0.4, 0.5) is 0 Å². The molecule has 0 spiro atoms. The predicted molar refractivity (Wildman–Crippen MR) is 187 cm³/mol. The average molecular weight is 735 g/mol. The fourth-order valence-electron chi connectivity index (χ4n) is 9.16. The summed E-state index contributed by atoms with van der Waals surface area (Å²) in [5.74, 6) is 0.939. The van der Waals surface area contributed by atoms with Gasteiger partial charge in [0.15, 0.2) is 0 Å². The van der Waals surface area contributed by atoms with E-state index in [0.29, 0.717) is 19.2 Å². The van der Waals surface area contributed by atoms with Crippen LogP contribution in [-0.4, -0.2) is 6.94 Å². The van der Waals surface area contributed by atoms with Gasteiger partial charge < -0.3 is 0 Å². The SMILES string of the molecule is CC(C)C1=Cc2c(-c3ccccc3)cccc2[CH]1[Hf]([CH3])([CH3])([CH3])([CH3])(=[SiH2])[CH]1C(C(C)C)=Cc2c(-c3ccccc3)cccc21. The first-order valence-corrected chi connectivity index (χ1v) is 42.8. The Labute approximate surface area is 250 Å². The second-order valence-corrected chi connectivity index (χ2v) is 105. The minimum absolute atomic E-state index is 0.407. The standard InChI is InChI=1S/2C18H17.4CH3.Hf.H2Si/c2*1-13(2)16-11-15-9-6-10-17(18(15)12-16)14-7-4-3-5-8-14;;;;;;/h2*3-13H,1-2H3;4*1H3;;1H2. The molecule has 4 aromatic rings. The molecule has 0 aromatic heterocycles. The molecule has 0 N–H and O–H groups in total. The zero-order valence-electron chi connectivity index (χ0n) is 26.9. The summed E-state index contributed by atoms with van der Waals surface area (Å²) in [6.45, 7) is 12.1. The topological polar surface area (TPSA) is 0 Å². The van der Waals surface area contributed by atoms with E-state index in [1.54, 1.807) is 22.3 Å². The Morgan fingerprint density at radius 1 is 0.500 bits per heavy atom. The van der Waals surface area contributed by atoms with E-state index in [1.807, 2.05) is 0 Å². The third-order valence-corrected chi connectivity index (χ3v) is 44.0. The molecule has 0 saturated heterocycles. The number of fused-ring (bicyclic) bond motifs is 2. The van der Waals surface area contributed by atoms with Gasteiger partial charge in [-0.3, -0.25) is 0 Å². The second-order valence-electron chi connectivity index (χ2n) is 18.1. The van der Waals surface area contributed by atoms with Gasteiger partial charge in [-0.05, 0) is 0 Å². The fraction of sp³-hybridized carbons (Fsp3) is 0.300. The fourth-order valence-corrected chi connectivity index (χ4v) is 47.1.